The van der Waals surface area contributed by atoms with Gasteiger partial charge in [0.05, 0.1) is 25.6 Å². The van der Waals surface area contributed by atoms with Gasteiger partial charge in [0.25, 0.3) is 0 Å². The summed E-state index contributed by atoms with van der Waals surface area (Å²) in [6.07, 6.45) is 2.67. The molecule has 0 aromatic carbocycles. The van der Waals surface area contributed by atoms with Gasteiger partial charge in [0.1, 0.15) is 0 Å². The third-order valence-electron chi connectivity index (χ3n) is 2.16. The average molecular weight is 240 g/mol. The summed E-state index contributed by atoms with van der Waals surface area (Å²) < 4.78 is 15.3. The highest BCUT2D eigenvalue weighted by Gasteiger charge is 1.94. The molecule has 0 aliphatic heterocycles. The molecule has 0 saturated heterocycles. The van der Waals surface area contributed by atoms with Gasteiger partial charge in [-0.3, -0.25) is 0 Å². The topological polar surface area (TPSA) is 52.6 Å². The highest BCUT2D eigenvalue weighted by Crippen LogP contribution is 2.10. The minimum absolute atomic E-state index is 0.617. The first-order valence-electron chi connectivity index (χ1n) is 5.67. The maximum absolute atomic E-state index is 5.41. The zero-order valence-corrected chi connectivity index (χ0v) is 10.4. The Morgan fingerprint density at radius 3 is 2.71 bits per heavy atom. The van der Waals surface area contributed by atoms with Gasteiger partial charge in [0.15, 0.2) is 0 Å². The summed E-state index contributed by atoms with van der Waals surface area (Å²) in [6, 6.07) is 3.75. The van der Waals surface area contributed by atoms with E-state index in [1.807, 2.05) is 12.1 Å². The van der Waals surface area contributed by atoms with Crippen LogP contribution in [0, 0.1) is 0 Å². The number of ether oxygens (including phenoxy) is 3. The fraction of sp³-hybridized carbons (Fsp3) is 0.583. The molecular formula is C12H20N2O3. The van der Waals surface area contributed by atoms with Crippen LogP contribution in [0.1, 0.15) is 6.42 Å². The number of nitrogens with zero attached hydrogens (tertiary/aromatic N) is 1. The molecule has 0 atom stereocenters. The van der Waals surface area contributed by atoms with E-state index >= 15 is 0 Å². The fourth-order valence-corrected chi connectivity index (χ4v) is 1.28. The molecule has 0 spiro atoms. The van der Waals surface area contributed by atoms with Crippen LogP contribution in [0.25, 0.3) is 0 Å². The van der Waals surface area contributed by atoms with Crippen molar-refractivity contribution >= 4 is 5.69 Å². The molecule has 0 radical (unpaired) electrons. The molecule has 0 saturated carbocycles. The molecule has 1 heterocycles. The van der Waals surface area contributed by atoms with E-state index < -0.39 is 0 Å². The van der Waals surface area contributed by atoms with Crippen molar-refractivity contribution in [1.29, 1.82) is 0 Å². The summed E-state index contributed by atoms with van der Waals surface area (Å²) in [5, 5.41) is 3.21. The minimum atomic E-state index is 0.617. The Balaban J connectivity index is 2.05. The Morgan fingerprint density at radius 1 is 1.18 bits per heavy atom. The van der Waals surface area contributed by atoms with Gasteiger partial charge in [-0.1, -0.05) is 0 Å². The van der Waals surface area contributed by atoms with E-state index in [2.05, 4.69) is 10.3 Å². The lowest BCUT2D eigenvalue weighted by atomic mass is 10.4. The second kappa shape index (κ2) is 8.78. The number of anilines is 1. The van der Waals surface area contributed by atoms with Gasteiger partial charge in [-0.05, 0) is 12.5 Å². The lowest BCUT2D eigenvalue weighted by Gasteiger charge is -2.07. The number of methoxy groups -OCH3 is 2. The van der Waals surface area contributed by atoms with Crippen molar-refractivity contribution in [2.24, 2.45) is 0 Å². The first kappa shape index (κ1) is 13.7. The number of hydrogen-bond donors (Lipinski definition) is 1. The molecule has 5 nitrogen and oxygen atoms in total. The van der Waals surface area contributed by atoms with Crippen LogP contribution in [-0.4, -0.2) is 45.6 Å². The molecule has 0 aliphatic rings. The molecule has 0 fully saturated rings. The van der Waals surface area contributed by atoms with Crippen LogP contribution < -0.4 is 10.1 Å². The third-order valence-corrected chi connectivity index (χ3v) is 2.16. The number of nitrogens with one attached hydrogen (secondary N) is 1. The number of rotatable bonds is 9. The predicted octanol–water partition coefficient (Wildman–Crippen LogP) is 1.56. The van der Waals surface area contributed by atoms with Gasteiger partial charge in [-0.15, -0.1) is 0 Å². The standard InChI is InChI=1S/C12H20N2O3/c1-15-7-3-8-17-9-6-13-11-4-5-12(16-2)14-10-11/h4-5,10,13H,3,6-9H2,1-2H3. The van der Waals surface area contributed by atoms with E-state index in [0.29, 0.717) is 12.5 Å². The zero-order chi connectivity index (χ0) is 12.3. The lowest BCUT2D eigenvalue weighted by molar-refractivity contribution is 0.109. The van der Waals surface area contributed by atoms with Crippen molar-refractivity contribution in [3.05, 3.63) is 18.3 Å². The molecule has 0 amide bonds. The molecule has 1 N–H and O–H groups in total. The van der Waals surface area contributed by atoms with E-state index in [0.717, 1.165) is 31.9 Å². The van der Waals surface area contributed by atoms with Crippen LogP contribution in [0.5, 0.6) is 5.88 Å². The van der Waals surface area contributed by atoms with Crippen LogP contribution in [0.15, 0.2) is 18.3 Å². The van der Waals surface area contributed by atoms with E-state index in [1.165, 1.54) is 0 Å². The van der Waals surface area contributed by atoms with Crippen molar-refractivity contribution in [2.45, 2.75) is 6.42 Å². The van der Waals surface area contributed by atoms with Crippen molar-refractivity contribution in [1.82, 2.24) is 4.98 Å². The third kappa shape index (κ3) is 6.09. The summed E-state index contributed by atoms with van der Waals surface area (Å²) >= 11 is 0. The Hall–Kier alpha value is -1.33. The lowest BCUT2D eigenvalue weighted by Crippen LogP contribution is -2.10. The number of aromatic nitrogens is 1. The predicted molar refractivity (Wildman–Crippen MR) is 66.6 cm³/mol. The quantitative estimate of drug-likeness (QED) is 0.664. The van der Waals surface area contributed by atoms with Gasteiger partial charge >= 0.3 is 0 Å². The highest BCUT2D eigenvalue weighted by atomic mass is 16.5. The molecule has 0 bridgehead atoms. The van der Waals surface area contributed by atoms with Gasteiger partial charge in [0.2, 0.25) is 5.88 Å². The molecule has 1 aromatic rings. The number of pyridine rings is 1. The normalized spacial score (nSPS) is 10.2. The molecular weight excluding hydrogens is 220 g/mol. The maximum atomic E-state index is 5.41. The van der Waals surface area contributed by atoms with Crippen LogP contribution >= 0.6 is 0 Å². The number of hydrogen-bond acceptors (Lipinski definition) is 5. The summed E-state index contributed by atoms with van der Waals surface area (Å²) in [5.41, 5.74) is 0.964. The maximum Gasteiger partial charge on any atom is 0.213 e. The molecule has 1 rings (SSSR count). The summed E-state index contributed by atoms with van der Waals surface area (Å²) in [4.78, 5) is 4.09. The van der Waals surface area contributed by atoms with Crippen LogP contribution in [0.2, 0.25) is 0 Å². The monoisotopic (exact) mass is 240 g/mol. The SMILES string of the molecule is COCCCOCCNc1ccc(OC)nc1. The van der Waals surface area contributed by atoms with Crippen LogP contribution in [-0.2, 0) is 9.47 Å². The van der Waals surface area contributed by atoms with Gasteiger partial charge in [-0.25, -0.2) is 4.98 Å². The second-order valence-electron chi connectivity index (χ2n) is 3.47. The minimum Gasteiger partial charge on any atom is -0.481 e. The van der Waals surface area contributed by atoms with Gasteiger partial charge in [0, 0.05) is 32.9 Å². The van der Waals surface area contributed by atoms with Crippen molar-refractivity contribution in [3.63, 3.8) is 0 Å². The molecule has 0 unspecified atom stereocenters. The van der Waals surface area contributed by atoms with E-state index in [-0.39, 0.29) is 0 Å². The van der Waals surface area contributed by atoms with Crippen molar-refractivity contribution < 1.29 is 14.2 Å². The molecule has 1 aromatic heterocycles. The Morgan fingerprint density at radius 2 is 2.06 bits per heavy atom. The summed E-state index contributed by atoms with van der Waals surface area (Å²) in [6.45, 7) is 2.92. The van der Waals surface area contributed by atoms with E-state index in [9.17, 15) is 0 Å². The molecule has 96 valence electrons. The van der Waals surface area contributed by atoms with Crippen LogP contribution in [0.4, 0.5) is 5.69 Å². The summed E-state index contributed by atoms with van der Waals surface area (Å²) in [7, 11) is 3.29. The van der Waals surface area contributed by atoms with Crippen molar-refractivity contribution in [3.8, 4) is 5.88 Å². The highest BCUT2D eigenvalue weighted by molar-refractivity contribution is 5.41. The summed E-state index contributed by atoms with van der Waals surface area (Å²) in [5.74, 6) is 0.617. The van der Waals surface area contributed by atoms with Gasteiger partial charge < -0.3 is 19.5 Å². The van der Waals surface area contributed by atoms with E-state index in [1.54, 1.807) is 20.4 Å². The smallest absolute Gasteiger partial charge is 0.213 e. The van der Waals surface area contributed by atoms with Crippen LogP contribution in [0.3, 0.4) is 0 Å². The first-order valence-corrected chi connectivity index (χ1v) is 5.67. The first-order chi connectivity index (χ1) is 8.36. The average Bonchev–Trinajstić information content (AvgIpc) is 2.38. The largest absolute Gasteiger partial charge is 0.481 e. The van der Waals surface area contributed by atoms with E-state index in [4.69, 9.17) is 14.2 Å². The molecule has 5 heteroatoms. The van der Waals surface area contributed by atoms with Gasteiger partial charge in [-0.2, -0.15) is 0 Å². The second-order valence-corrected chi connectivity index (χ2v) is 3.47. The Labute approximate surface area is 102 Å². The Kier molecular flexibility index (Phi) is 7.09. The zero-order valence-electron chi connectivity index (χ0n) is 10.4. The Bertz CT molecular complexity index is 290. The fourth-order valence-electron chi connectivity index (χ4n) is 1.28. The molecule has 17 heavy (non-hydrogen) atoms. The molecule has 0 aliphatic carbocycles. The van der Waals surface area contributed by atoms with Crippen molar-refractivity contribution in [2.75, 3.05) is 45.9 Å².